The van der Waals surface area contributed by atoms with Gasteiger partial charge in [-0.15, -0.1) is 26.3 Å². The molecular weight excluding hydrogens is 168 g/mol. The molecule has 0 bridgehead atoms. The third-order valence-corrected chi connectivity index (χ3v) is 0.471. The lowest BCUT2D eigenvalue weighted by Gasteiger charge is -1.89. The molecule has 0 radical (unpaired) electrons. The molecule has 0 fully saturated rings. The van der Waals surface area contributed by atoms with Gasteiger partial charge in [0.2, 0.25) is 0 Å². The topological polar surface area (TPSA) is 46.5 Å². The standard InChI is InChI=1S/C6H10O.C2H4O2.C2H4/c1-3-5-7-6-4-2;1-2(3)4;1-2/h3-4H,1-2,5-6H2;1H3,(H,3,4);1-2H2. The SMILES string of the molecule is C=C.C=CCOCC=C.CC(=O)O. The van der Waals surface area contributed by atoms with Gasteiger partial charge in [0, 0.05) is 6.92 Å². The van der Waals surface area contributed by atoms with Crippen LogP contribution in [0.4, 0.5) is 0 Å². The molecule has 0 aliphatic rings. The van der Waals surface area contributed by atoms with Crippen LogP contribution < -0.4 is 0 Å². The molecule has 0 spiro atoms. The summed E-state index contributed by atoms with van der Waals surface area (Å²) >= 11 is 0. The van der Waals surface area contributed by atoms with Crippen molar-refractivity contribution < 1.29 is 14.6 Å². The van der Waals surface area contributed by atoms with Crippen molar-refractivity contribution in [1.82, 2.24) is 0 Å². The van der Waals surface area contributed by atoms with E-state index in [1.165, 1.54) is 0 Å². The number of carbonyl (C=O) groups is 1. The second kappa shape index (κ2) is 22.4. The first-order chi connectivity index (χ1) is 6.15. The number of rotatable bonds is 4. The predicted molar refractivity (Wildman–Crippen MR) is 55.8 cm³/mol. The molecule has 0 atom stereocenters. The van der Waals surface area contributed by atoms with Gasteiger partial charge >= 0.3 is 0 Å². The third-order valence-electron chi connectivity index (χ3n) is 0.471. The van der Waals surface area contributed by atoms with Gasteiger partial charge in [-0.1, -0.05) is 12.2 Å². The molecular formula is C10H18O3. The van der Waals surface area contributed by atoms with Gasteiger partial charge in [0.15, 0.2) is 0 Å². The van der Waals surface area contributed by atoms with E-state index in [1.807, 2.05) is 0 Å². The minimum Gasteiger partial charge on any atom is -0.481 e. The highest BCUT2D eigenvalue weighted by molar-refractivity contribution is 5.62. The van der Waals surface area contributed by atoms with E-state index in [4.69, 9.17) is 14.6 Å². The van der Waals surface area contributed by atoms with Gasteiger partial charge < -0.3 is 9.84 Å². The molecule has 0 aliphatic carbocycles. The Morgan fingerprint density at radius 3 is 1.69 bits per heavy atom. The smallest absolute Gasteiger partial charge is 0.300 e. The first-order valence-corrected chi connectivity index (χ1v) is 3.64. The average molecular weight is 186 g/mol. The zero-order chi connectivity index (χ0) is 11.1. The lowest BCUT2D eigenvalue weighted by atomic mass is 10.6. The summed E-state index contributed by atoms with van der Waals surface area (Å²) in [5.41, 5.74) is 0. The van der Waals surface area contributed by atoms with Crippen LogP contribution in [0.5, 0.6) is 0 Å². The molecule has 13 heavy (non-hydrogen) atoms. The molecule has 76 valence electrons. The first-order valence-electron chi connectivity index (χ1n) is 3.64. The van der Waals surface area contributed by atoms with E-state index in [0.29, 0.717) is 13.2 Å². The molecule has 0 aliphatic heterocycles. The Kier molecular flexibility index (Phi) is 30.5. The lowest BCUT2D eigenvalue weighted by molar-refractivity contribution is -0.134. The van der Waals surface area contributed by atoms with E-state index in [9.17, 15) is 0 Å². The highest BCUT2D eigenvalue weighted by atomic mass is 16.5. The number of carboxylic acid groups (broad SMARTS) is 1. The fraction of sp³-hybridized carbons (Fsp3) is 0.300. The van der Waals surface area contributed by atoms with Gasteiger partial charge in [0.1, 0.15) is 0 Å². The van der Waals surface area contributed by atoms with Gasteiger partial charge in [-0.05, 0) is 0 Å². The Morgan fingerprint density at radius 1 is 1.31 bits per heavy atom. The largest absolute Gasteiger partial charge is 0.481 e. The van der Waals surface area contributed by atoms with Crippen molar-refractivity contribution in [3.8, 4) is 0 Å². The monoisotopic (exact) mass is 186 g/mol. The second-order valence-electron chi connectivity index (χ2n) is 1.63. The van der Waals surface area contributed by atoms with Gasteiger partial charge in [0.05, 0.1) is 13.2 Å². The Bertz CT molecular complexity index is 118. The second-order valence-corrected chi connectivity index (χ2v) is 1.63. The number of hydrogen-bond donors (Lipinski definition) is 1. The maximum Gasteiger partial charge on any atom is 0.300 e. The molecule has 3 nitrogen and oxygen atoms in total. The predicted octanol–water partition coefficient (Wildman–Crippen LogP) is 2.27. The van der Waals surface area contributed by atoms with E-state index < -0.39 is 5.97 Å². The summed E-state index contributed by atoms with van der Waals surface area (Å²) in [6.45, 7) is 15.3. The Hall–Kier alpha value is -1.35. The molecule has 0 saturated carbocycles. The first kappa shape index (κ1) is 17.7. The normalized spacial score (nSPS) is 6.54. The van der Waals surface area contributed by atoms with E-state index in [0.717, 1.165) is 6.92 Å². The molecule has 0 unspecified atom stereocenters. The van der Waals surface area contributed by atoms with Gasteiger partial charge in [-0.2, -0.15) is 0 Å². The van der Waals surface area contributed by atoms with Crippen LogP contribution in [0.1, 0.15) is 6.92 Å². The van der Waals surface area contributed by atoms with Crippen LogP contribution in [-0.4, -0.2) is 24.3 Å². The summed E-state index contributed by atoms with van der Waals surface area (Å²) in [6.07, 6.45) is 3.42. The van der Waals surface area contributed by atoms with Gasteiger partial charge in [-0.3, -0.25) is 4.79 Å². The maximum atomic E-state index is 9.00. The van der Waals surface area contributed by atoms with Crippen LogP contribution in [-0.2, 0) is 9.53 Å². The summed E-state index contributed by atoms with van der Waals surface area (Å²) < 4.78 is 4.90. The highest BCUT2D eigenvalue weighted by Crippen LogP contribution is 1.72. The molecule has 0 aromatic heterocycles. The van der Waals surface area contributed by atoms with Crippen molar-refractivity contribution in [2.45, 2.75) is 6.92 Å². The Balaban J connectivity index is -0.000000142. The van der Waals surface area contributed by atoms with Crippen LogP contribution >= 0.6 is 0 Å². The van der Waals surface area contributed by atoms with Crippen LogP contribution in [0.3, 0.4) is 0 Å². The molecule has 0 heterocycles. The fourth-order valence-electron chi connectivity index (χ4n) is 0.235. The van der Waals surface area contributed by atoms with E-state index in [-0.39, 0.29) is 0 Å². The van der Waals surface area contributed by atoms with Crippen LogP contribution in [0.25, 0.3) is 0 Å². The van der Waals surface area contributed by atoms with Crippen molar-refractivity contribution >= 4 is 5.97 Å². The van der Waals surface area contributed by atoms with Crippen LogP contribution in [0, 0.1) is 0 Å². The van der Waals surface area contributed by atoms with E-state index in [2.05, 4.69) is 26.3 Å². The maximum absolute atomic E-state index is 9.00. The van der Waals surface area contributed by atoms with Crippen molar-refractivity contribution in [3.05, 3.63) is 38.5 Å². The summed E-state index contributed by atoms with van der Waals surface area (Å²) in [5.74, 6) is -0.833. The molecule has 0 saturated heterocycles. The Labute approximate surface area is 80.0 Å². The number of hydrogen-bond acceptors (Lipinski definition) is 2. The van der Waals surface area contributed by atoms with Gasteiger partial charge in [-0.25, -0.2) is 0 Å². The quantitative estimate of drug-likeness (QED) is 0.541. The minimum absolute atomic E-state index is 0.617. The zero-order valence-corrected chi connectivity index (χ0v) is 8.16. The molecule has 3 heteroatoms. The lowest BCUT2D eigenvalue weighted by Crippen LogP contribution is -1.87. The van der Waals surface area contributed by atoms with Crippen molar-refractivity contribution in [2.75, 3.05) is 13.2 Å². The number of carboxylic acids is 1. The molecule has 1 N–H and O–H groups in total. The molecule has 0 aromatic rings. The van der Waals surface area contributed by atoms with E-state index >= 15 is 0 Å². The summed E-state index contributed by atoms with van der Waals surface area (Å²) in [7, 11) is 0. The summed E-state index contributed by atoms with van der Waals surface area (Å²) in [4.78, 5) is 9.00. The summed E-state index contributed by atoms with van der Waals surface area (Å²) in [5, 5.41) is 7.42. The molecule has 0 amide bonds. The third kappa shape index (κ3) is 113. The molecule has 0 rings (SSSR count). The minimum atomic E-state index is -0.833. The number of aliphatic carboxylic acids is 1. The van der Waals surface area contributed by atoms with E-state index in [1.54, 1.807) is 12.2 Å². The Morgan fingerprint density at radius 2 is 1.54 bits per heavy atom. The van der Waals surface area contributed by atoms with Crippen LogP contribution in [0.15, 0.2) is 38.5 Å². The van der Waals surface area contributed by atoms with Crippen molar-refractivity contribution in [3.63, 3.8) is 0 Å². The average Bonchev–Trinajstić information content (AvgIpc) is 2.08. The zero-order valence-electron chi connectivity index (χ0n) is 8.16. The summed E-state index contributed by atoms with van der Waals surface area (Å²) in [6, 6.07) is 0. The highest BCUT2D eigenvalue weighted by Gasteiger charge is 1.70. The van der Waals surface area contributed by atoms with Crippen molar-refractivity contribution in [2.24, 2.45) is 0 Å². The van der Waals surface area contributed by atoms with Gasteiger partial charge in [0.25, 0.3) is 5.97 Å². The van der Waals surface area contributed by atoms with Crippen molar-refractivity contribution in [1.29, 1.82) is 0 Å². The fourth-order valence-corrected chi connectivity index (χ4v) is 0.235. The molecule has 0 aromatic carbocycles. The number of ether oxygens (including phenoxy) is 1. The van der Waals surface area contributed by atoms with Crippen LogP contribution in [0.2, 0.25) is 0 Å².